The topological polar surface area (TPSA) is 92.3 Å². The first kappa shape index (κ1) is 15.4. The van der Waals surface area contributed by atoms with Gasteiger partial charge in [-0.25, -0.2) is 9.89 Å². The van der Waals surface area contributed by atoms with E-state index in [4.69, 9.17) is 4.74 Å². The zero-order valence-electron chi connectivity index (χ0n) is 12.7. The maximum Gasteiger partial charge on any atom is 0.363 e. The van der Waals surface area contributed by atoms with E-state index in [1.807, 2.05) is 54.6 Å². The molecule has 0 bridgehead atoms. The van der Waals surface area contributed by atoms with Crippen molar-refractivity contribution < 1.29 is 4.74 Å². The maximum atomic E-state index is 11.0. The molecule has 2 N–H and O–H groups in total. The third-order valence-corrected chi connectivity index (χ3v) is 3.09. The number of ether oxygens (including phenoxy) is 1. The van der Waals surface area contributed by atoms with Crippen LogP contribution in [0.15, 0.2) is 70.7 Å². The molecule has 24 heavy (non-hydrogen) atoms. The van der Waals surface area contributed by atoms with Crippen LogP contribution in [0.1, 0.15) is 11.1 Å². The second-order valence-electron chi connectivity index (χ2n) is 4.89. The molecular formula is C17H15N5O2. The van der Waals surface area contributed by atoms with Gasteiger partial charge in [0.15, 0.2) is 5.82 Å². The highest BCUT2D eigenvalue weighted by Gasteiger charge is 1.96. The van der Waals surface area contributed by atoms with Crippen LogP contribution < -0.4 is 15.9 Å². The van der Waals surface area contributed by atoms with Crippen LogP contribution >= 0.6 is 0 Å². The Morgan fingerprint density at radius 1 is 1.12 bits per heavy atom. The Morgan fingerprint density at radius 3 is 2.67 bits per heavy atom. The van der Waals surface area contributed by atoms with Gasteiger partial charge < -0.3 is 4.74 Å². The van der Waals surface area contributed by atoms with Crippen molar-refractivity contribution in [1.29, 1.82) is 0 Å². The van der Waals surface area contributed by atoms with Gasteiger partial charge in [0.2, 0.25) is 0 Å². The minimum absolute atomic E-state index is 0.276. The summed E-state index contributed by atoms with van der Waals surface area (Å²) in [4.78, 5) is 14.6. The first-order valence-corrected chi connectivity index (χ1v) is 7.27. The van der Waals surface area contributed by atoms with Crippen molar-refractivity contribution in [2.24, 2.45) is 5.10 Å². The van der Waals surface area contributed by atoms with Crippen LogP contribution in [-0.4, -0.2) is 21.4 Å². The van der Waals surface area contributed by atoms with Gasteiger partial charge in [-0.2, -0.15) is 15.2 Å². The summed E-state index contributed by atoms with van der Waals surface area (Å²) in [6.07, 6.45) is 2.99. The number of rotatable bonds is 6. The number of hydrazone groups is 1. The largest absolute Gasteiger partial charge is 0.489 e. The van der Waals surface area contributed by atoms with Crippen molar-refractivity contribution in [3.63, 3.8) is 0 Å². The SMILES string of the molecule is O=c1nc(NN=Cc2ccc(OCc3ccccc3)cc2)cn[nH]1. The van der Waals surface area contributed by atoms with E-state index in [1.54, 1.807) is 6.21 Å². The molecule has 0 unspecified atom stereocenters. The minimum Gasteiger partial charge on any atom is -0.489 e. The average Bonchev–Trinajstić information content (AvgIpc) is 2.62. The Labute approximate surface area is 138 Å². The molecule has 0 aliphatic rings. The number of nitrogens with zero attached hydrogens (tertiary/aromatic N) is 3. The third kappa shape index (κ3) is 4.51. The first-order valence-electron chi connectivity index (χ1n) is 7.27. The predicted octanol–water partition coefficient (Wildman–Crippen LogP) is 2.19. The second kappa shape index (κ2) is 7.68. The van der Waals surface area contributed by atoms with Crippen LogP contribution in [0.2, 0.25) is 0 Å². The molecule has 0 aliphatic carbocycles. The van der Waals surface area contributed by atoms with Crippen molar-refractivity contribution >= 4 is 12.0 Å². The van der Waals surface area contributed by atoms with E-state index in [2.05, 4.69) is 25.7 Å². The van der Waals surface area contributed by atoms with Crippen LogP contribution in [0.3, 0.4) is 0 Å². The Hall–Kier alpha value is -3.48. The number of aromatic nitrogens is 3. The standard InChI is InChI=1S/C17H15N5O2/c23-17-20-16(11-19-22-17)21-18-10-13-6-8-15(9-7-13)24-12-14-4-2-1-3-5-14/h1-11H,12H2,(H2,20,21,22,23). The normalized spacial score (nSPS) is 10.7. The molecule has 0 aliphatic heterocycles. The number of H-pyrrole nitrogens is 1. The highest BCUT2D eigenvalue weighted by atomic mass is 16.5. The smallest absolute Gasteiger partial charge is 0.363 e. The van der Waals surface area contributed by atoms with E-state index in [0.29, 0.717) is 6.61 Å². The fourth-order valence-electron chi connectivity index (χ4n) is 1.93. The quantitative estimate of drug-likeness (QED) is 0.536. The Morgan fingerprint density at radius 2 is 1.92 bits per heavy atom. The molecule has 7 nitrogen and oxygen atoms in total. The molecule has 3 aromatic rings. The Bertz CT molecular complexity index is 860. The monoisotopic (exact) mass is 321 g/mol. The molecule has 0 saturated heterocycles. The van der Waals surface area contributed by atoms with E-state index in [1.165, 1.54) is 6.20 Å². The van der Waals surface area contributed by atoms with Crippen LogP contribution in [0.4, 0.5) is 5.82 Å². The number of hydrogen-bond acceptors (Lipinski definition) is 6. The summed E-state index contributed by atoms with van der Waals surface area (Å²) in [5.74, 6) is 1.06. The lowest BCUT2D eigenvalue weighted by Crippen LogP contribution is -2.13. The molecular weight excluding hydrogens is 306 g/mol. The van der Waals surface area contributed by atoms with Crippen LogP contribution in [-0.2, 0) is 6.61 Å². The molecule has 0 radical (unpaired) electrons. The van der Waals surface area contributed by atoms with E-state index >= 15 is 0 Å². The number of anilines is 1. The third-order valence-electron chi connectivity index (χ3n) is 3.09. The highest BCUT2D eigenvalue weighted by Crippen LogP contribution is 2.13. The van der Waals surface area contributed by atoms with Crippen molar-refractivity contribution in [2.45, 2.75) is 6.61 Å². The molecule has 1 heterocycles. The number of benzene rings is 2. The zero-order valence-corrected chi connectivity index (χ0v) is 12.7. The fraction of sp³-hybridized carbons (Fsp3) is 0.0588. The molecule has 120 valence electrons. The lowest BCUT2D eigenvalue weighted by atomic mass is 10.2. The van der Waals surface area contributed by atoms with E-state index < -0.39 is 5.69 Å². The summed E-state index contributed by atoms with van der Waals surface area (Å²) in [6, 6.07) is 17.5. The number of hydrogen-bond donors (Lipinski definition) is 2. The number of nitrogens with one attached hydrogen (secondary N) is 2. The van der Waals surface area contributed by atoms with Crippen molar-refractivity contribution in [2.75, 3.05) is 5.43 Å². The van der Waals surface area contributed by atoms with Crippen molar-refractivity contribution in [3.8, 4) is 5.75 Å². The van der Waals surface area contributed by atoms with Crippen LogP contribution in [0.5, 0.6) is 5.75 Å². The Kier molecular flexibility index (Phi) is 4.94. The minimum atomic E-state index is -0.532. The summed E-state index contributed by atoms with van der Waals surface area (Å²) in [5.41, 5.74) is 4.11. The number of aromatic amines is 1. The lowest BCUT2D eigenvalue weighted by Gasteiger charge is -2.06. The fourth-order valence-corrected chi connectivity index (χ4v) is 1.93. The van der Waals surface area contributed by atoms with E-state index in [0.717, 1.165) is 16.9 Å². The van der Waals surface area contributed by atoms with Gasteiger partial charge in [-0.05, 0) is 35.4 Å². The van der Waals surface area contributed by atoms with Gasteiger partial charge in [-0.15, -0.1) is 0 Å². The van der Waals surface area contributed by atoms with Gasteiger partial charge in [-0.3, -0.25) is 5.43 Å². The van der Waals surface area contributed by atoms with Crippen LogP contribution in [0, 0.1) is 0 Å². The van der Waals surface area contributed by atoms with Gasteiger partial charge in [-0.1, -0.05) is 30.3 Å². The van der Waals surface area contributed by atoms with Gasteiger partial charge in [0.1, 0.15) is 12.4 Å². The van der Waals surface area contributed by atoms with Crippen molar-refractivity contribution in [3.05, 3.63) is 82.4 Å². The molecule has 2 aromatic carbocycles. The molecule has 3 rings (SSSR count). The van der Waals surface area contributed by atoms with E-state index in [-0.39, 0.29) is 5.82 Å². The van der Waals surface area contributed by atoms with Crippen LogP contribution in [0.25, 0.3) is 0 Å². The van der Waals surface area contributed by atoms with E-state index in [9.17, 15) is 4.79 Å². The van der Waals surface area contributed by atoms with Crippen molar-refractivity contribution in [1.82, 2.24) is 15.2 Å². The second-order valence-corrected chi connectivity index (χ2v) is 4.89. The predicted molar refractivity (Wildman–Crippen MR) is 91.1 cm³/mol. The molecule has 0 amide bonds. The summed E-state index contributed by atoms with van der Waals surface area (Å²) in [5, 5.41) is 9.81. The van der Waals surface area contributed by atoms with Gasteiger partial charge >= 0.3 is 5.69 Å². The summed E-state index contributed by atoms with van der Waals surface area (Å²) in [6.45, 7) is 0.525. The average molecular weight is 321 g/mol. The lowest BCUT2D eigenvalue weighted by molar-refractivity contribution is 0.306. The van der Waals surface area contributed by atoms with Gasteiger partial charge in [0, 0.05) is 0 Å². The maximum absolute atomic E-state index is 11.0. The van der Waals surface area contributed by atoms with Gasteiger partial charge in [0.05, 0.1) is 12.4 Å². The zero-order chi connectivity index (χ0) is 16.6. The molecule has 7 heteroatoms. The summed E-state index contributed by atoms with van der Waals surface area (Å²) in [7, 11) is 0. The molecule has 0 fully saturated rings. The van der Waals surface area contributed by atoms with Gasteiger partial charge in [0.25, 0.3) is 0 Å². The highest BCUT2D eigenvalue weighted by molar-refractivity contribution is 5.80. The summed E-state index contributed by atoms with van der Waals surface area (Å²) < 4.78 is 5.72. The molecule has 0 saturated carbocycles. The summed E-state index contributed by atoms with van der Waals surface area (Å²) >= 11 is 0. The first-order chi connectivity index (χ1) is 11.8. The molecule has 1 aromatic heterocycles. The Balaban J connectivity index is 1.54. The molecule has 0 atom stereocenters. The molecule has 0 spiro atoms.